The number of phenolic OH excluding ortho intramolecular Hbond substituents is 1. The number of alkyl halides is 1. The lowest BCUT2D eigenvalue weighted by molar-refractivity contribution is 0.102. The summed E-state index contributed by atoms with van der Waals surface area (Å²) < 4.78 is 119. The number of nitrogens with one attached hydrogen (secondary N) is 1. The predicted octanol–water partition coefficient (Wildman–Crippen LogP) is 4.27. The number of anilines is 2. The fourth-order valence-electron chi connectivity index (χ4n) is 3.97. The topological polar surface area (TPSA) is 273 Å². The first-order valence-corrected chi connectivity index (χ1v) is 20.0. The maximum absolute atomic E-state index is 12.8. The Morgan fingerprint density at radius 2 is 1.29 bits per heavy atom. The Balaban J connectivity index is 0.000000402. The molecule has 4 aromatic carbocycles. The van der Waals surface area contributed by atoms with Gasteiger partial charge in [-0.25, -0.2) is 8.42 Å². The molecule has 48 heavy (non-hydrogen) atoms. The Labute approximate surface area is 289 Å². The molecule has 7 N–H and O–H groups in total. The number of nitrogens with two attached hydrogens (primary N) is 1. The summed E-state index contributed by atoms with van der Waals surface area (Å²) in [6.45, 7) is 0. The Morgan fingerprint density at radius 1 is 0.750 bits per heavy atom. The molecule has 1 amide bonds. The highest BCUT2D eigenvalue weighted by atomic mass is 35.5. The van der Waals surface area contributed by atoms with Gasteiger partial charge >= 0.3 is 0 Å². The Hall–Kier alpha value is -3.24. The Bertz CT molecular complexity index is 2350. The summed E-state index contributed by atoms with van der Waals surface area (Å²) in [5, 5.41) is 12.3. The van der Waals surface area contributed by atoms with Gasteiger partial charge < -0.3 is 16.2 Å². The van der Waals surface area contributed by atoms with E-state index >= 15 is 0 Å². The minimum absolute atomic E-state index is 0.0405. The van der Waals surface area contributed by atoms with Crippen LogP contribution in [0.25, 0.3) is 10.8 Å². The van der Waals surface area contributed by atoms with Crippen molar-refractivity contribution in [3.63, 3.8) is 0 Å². The van der Waals surface area contributed by atoms with Crippen LogP contribution >= 0.6 is 34.8 Å². The standard InChI is InChI=1S/C20H18ClNO10S3.C6H5Cl2NO3S/c21-5-6-33(25,26)11-12-1-3-13(4-2-12)20(24)22-17-9-15(34(27,28)29)7-14-8-16(35(30,31)32)10-18(23)19(14)17;7-3-1-4(8)6(2-5(3)9)13(10,11)12/h1-4,7-10,23H,5-6,11H2,(H,22,24)(H,27,28,29)(H,30,31,32);1-2H,9H2,(H,10,11,12). The second-order valence-electron chi connectivity index (χ2n) is 9.67. The molecule has 0 bridgehead atoms. The summed E-state index contributed by atoms with van der Waals surface area (Å²) in [5.74, 6) is -2.04. The predicted molar refractivity (Wildman–Crippen MR) is 179 cm³/mol. The third-order valence-corrected chi connectivity index (χ3v) is 11.5. The molecule has 22 heteroatoms. The molecule has 0 unspecified atom stereocenters. The van der Waals surface area contributed by atoms with Gasteiger partial charge in [0.1, 0.15) is 10.6 Å². The van der Waals surface area contributed by atoms with Crippen molar-refractivity contribution in [2.75, 3.05) is 22.7 Å². The number of carbonyl (C=O) groups excluding carboxylic acids is 1. The van der Waals surface area contributed by atoms with E-state index in [4.69, 9.17) is 45.1 Å². The number of benzene rings is 4. The van der Waals surface area contributed by atoms with E-state index in [1.807, 2.05) is 0 Å². The van der Waals surface area contributed by atoms with Crippen LogP contribution in [0.1, 0.15) is 15.9 Å². The summed E-state index contributed by atoms with van der Waals surface area (Å²) in [5.41, 5.74) is 5.52. The molecule has 0 aliphatic rings. The number of hydrogen-bond acceptors (Lipinski definition) is 11. The molecule has 0 aliphatic heterocycles. The van der Waals surface area contributed by atoms with Crippen molar-refractivity contribution < 1.29 is 57.2 Å². The minimum Gasteiger partial charge on any atom is -0.507 e. The molecule has 0 aromatic heterocycles. The number of carbonyl (C=O) groups is 1. The van der Waals surface area contributed by atoms with Gasteiger partial charge in [0.25, 0.3) is 36.3 Å². The van der Waals surface area contributed by atoms with Gasteiger partial charge in [-0.05, 0) is 53.4 Å². The molecule has 0 fully saturated rings. The third kappa shape index (κ3) is 10.1. The van der Waals surface area contributed by atoms with E-state index < -0.39 is 66.5 Å². The largest absolute Gasteiger partial charge is 0.507 e. The van der Waals surface area contributed by atoms with Gasteiger partial charge in [-0.15, -0.1) is 11.6 Å². The Morgan fingerprint density at radius 3 is 1.79 bits per heavy atom. The third-order valence-electron chi connectivity index (χ3n) is 6.14. The molecule has 0 aliphatic carbocycles. The van der Waals surface area contributed by atoms with Crippen LogP contribution in [0.4, 0.5) is 11.4 Å². The van der Waals surface area contributed by atoms with Crippen LogP contribution in [-0.2, 0) is 45.9 Å². The zero-order valence-corrected chi connectivity index (χ0v) is 29.2. The van der Waals surface area contributed by atoms with Crippen molar-refractivity contribution >= 4 is 103 Å². The van der Waals surface area contributed by atoms with Gasteiger partial charge in [0.05, 0.1) is 42.7 Å². The van der Waals surface area contributed by atoms with Gasteiger partial charge in [0.2, 0.25) is 0 Å². The number of halogens is 3. The van der Waals surface area contributed by atoms with E-state index in [0.29, 0.717) is 11.6 Å². The summed E-state index contributed by atoms with van der Waals surface area (Å²) in [4.78, 5) is 10.9. The number of phenols is 1. The molecule has 260 valence electrons. The highest BCUT2D eigenvalue weighted by Crippen LogP contribution is 2.37. The molecule has 0 saturated carbocycles. The second kappa shape index (κ2) is 14.7. The molecular weight excluding hydrogens is 783 g/mol. The van der Waals surface area contributed by atoms with E-state index in [2.05, 4.69) is 5.32 Å². The molecule has 0 spiro atoms. The number of nitrogen functional groups attached to an aromatic ring is 1. The van der Waals surface area contributed by atoms with Gasteiger partial charge in [0.15, 0.2) is 9.84 Å². The number of rotatable bonds is 9. The van der Waals surface area contributed by atoms with Gasteiger partial charge in [-0.1, -0.05) is 35.3 Å². The molecule has 15 nitrogen and oxygen atoms in total. The molecule has 0 heterocycles. The first-order valence-electron chi connectivity index (χ1n) is 12.6. The number of aromatic hydroxyl groups is 1. The maximum atomic E-state index is 12.8. The van der Waals surface area contributed by atoms with Crippen LogP contribution in [0.3, 0.4) is 0 Å². The molecule has 4 aromatic rings. The minimum atomic E-state index is -4.82. The second-order valence-corrected chi connectivity index (χ2v) is 17.3. The lowest BCUT2D eigenvalue weighted by Crippen LogP contribution is -2.14. The normalized spacial score (nSPS) is 12.3. The van der Waals surface area contributed by atoms with Crippen LogP contribution in [-0.4, -0.2) is 70.0 Å². The van der Waals surface area contributed by atoms with Crippen molar-refractivity contribution in [3.8, 4) is 5.75 Å². The maximum Gasteiger partial charge on any atom is 0.296 e. The monoisotopic (exact) mass is 804 g/mol. The van der Waals surface area contributed by atoms with Crippen LogP contribution in [0, 0.1) is 0 Å². The highest BCUT2D eigenvalue weighted by molar-refractivity contribution is 7.90. The van der Waals surface area contributed by atoms with Crippen molar-refractivity contribution in [1.82, 2.24) is 0 Å². The van der Waals surface area contributed by atoms with Crippen molar-refractivity contribution in [2.24, 2.45) is 0 Å². The van der Waals surface area contributed by atoms with E-state index in [0.717, 1.165) is 30.3 Å². The van der Waals surface area contributed by atoms with E-state index in [-0.39, 0.29) is 55.1 Å². The summed E-state index contributed by atoms with van der Waals surface area (Å²) in [6, 6.07) is 10.9. The lowest BCUT2D eigenvalue weighted by atomic mass is 10.1. The van der Waals surface area contributed by atoms with Crippen LogP contribution in [0.2, 0.25) is 10.0 Å². The molecule has 0 atom stereocenters. The van der Waals surface area contributed by atoms with Gasteiger partial charge in [0, 0.05) is 22.9 Å². The van der Waals surface area contributed by atoms with E-state index in [1.54, 1.807) is 0 Å². The molecular formula is C26H23Cl3N2O13S4. The summed E-state index contributed by atoms with van der Waals surface area (Å²) in [6.07, 6.45) is 0. The first-order chi connectivity index (χ1) is 21.9. The van der Waals surface area contributed by atoms with Crippen molar-refractivity contribution in [3.05, 3.63) is 81.8 Å². The lowest BCUT2D eigenvalue weighted by Gasteiger charge is -2.13. The summed E-state index contributed by atoms with van der Waals surface area (Å²) >= 11 is 16.5. The van der Waals surface area contributed by atoms with Crippen LogP contribution < -0.4 is 11.1 Å². The quantitative estimate of drug-likeness (QED) is 0.0784. The first kappa shape index (κ1) is 39.2. The van der Waals surface area contributed by atoms with Crippen LogP contribution in [0.15, 0.2) is 75.4 Å². The smallest absolute Gasteiger partial charge is 0.296 e. The average Bonchev–Trinajstić information content (AvgIpc) is 2.93. The number of hydrogen-bond donors (Lipinski definition) is 6. The van der Waals surface area contributed by atoms with Gasteiger partial charge in [-0.3, -0.25) is 18.5 Å². The number of fused-ring (bicyclic) bond motifs is 1. The summed E-state index contributed by atoms with van der Waals surface area (Å²) in [7, 11) is -17.4. The number of sulfone groups is 1. The fraction of sp³-hybridized carbons (Fsp3) is 0.115. The molecule has 0 radical (unpaired) electrons. The van der Waals surface area contributed by atoms with E-state index in [1.165, 1.54) is 24.3 Å². The van der Waals surface area contributed by atoms with E-state index in [9.17, 15) is 52.7 Å². The van der Waals surface area contributed by atoms with Gasteiger partial charge in [-0.2, -0.15) is 25.3 Å². The molecule has 0 saturated heterocycles. The highest BCUT2D eigenvalue weighted by Gasteiger charge is 2.21. The van der Waals surface area contributed by atoms with Crippen LogP contribution in [0.5, 0.6) is 5.75 Å². The zero-order chi connectivity index (χ0) is 36.4. The molecule has 4 rings (SSSR count). The SMILES string of the molecule is Nc1cc(S(=O)(=O)O)c(Cl)cc1Cl.O=C(Nc1cc(S(=O)(=O)O)cc2cc(S(=O)(=O)O)cc(O)c12)c1ccc(CS(=O)(=O)CCCl)cc1. The zero-order valence-electron chi connectivity index (χ0n) is 23.7. The fourth-order valence-corrected chi connectivity index (χ4v) is 8.09. The number of amides is 1. The van der Waals surface area contributed by atoms with Crippen molar-refractivity contribution in [2.45, 2.75) is 20.4 Å². The van der Waals surface area contributed by atoms with Crippen molar-refractivity contribution in [1.29, 1.82) is 0 Å². The Kier molecular flexibility index (Phi) is 12.0. The average molecular weight is 806 g/mol.